The fraction of sp³-hybridized carbons (Fsp3) is 0.533. The van der Waals surface area contributed by atoms with E-state index in [0.717, 1.165) is 24.3 Å². The minimum absolute atomic E-state index is 0.165. The summed E-state index contributed by atoms with van der Waals surface area (Å²) in [4.78, 5) is 14.0. The second-order valence-electron chi connectivity index (χ2n) is 5.38. The lowest BCUT2D eigenvalue weighted by atomic mass is 10.1. The summed E-state index contributed by atoms with van der Waals surface area (Å²) in [6, 6.07) is 3.81. The topological polar surface area (TPSA) is 64.8 Å². The maximum atomic E-state index is 11.8. The standard InChI is InChI=1S/C15H22N2O3/c1-9-5-12(6-13(14(9)16)15(18)19-4)17-7-10(2)20-11(3)8-17/h5-6,10-11H,7-8,16H2,1-4H3. The number of esters is 1. The van der Waals surface area contributed by atoms with Crippen LogP contribution in [0.1, 0.15) is 29.8 Å². The lowest BCUT2D eigenvalue weighted by Gasteiger charge is -2.37. The molecule has 0 aliphatic carbocycles. The highest BCUT2D eigenvalue weighted by Gasteiger charge is 2.24. The van der Waals surface area contributed by atoms with E-state index in [9.17, 15) is 4.79 Å². The Bertz CT molecular complexity index is 506. The molecule has 0 bridgehead atoms. The number of rotatable bonds is 2. The molecule has 1 saturated heterocycles. The van der Waals surface area contributed by atoms with Gasteiger partial charge in [-0.15, -0.1) is 0 Å². The van der Waals surface area contributed by atoms with Crippen LogP contribution in [-0.2, 0) is 9.47 Å². The van der Waals surface area contributed by atoms with Crippen molar-refractivity contribution in [3.63, 3.8) is 0 Å². The molecule has 1 aliphatic rings. The molecule has 1 aliphatic heterocycles. The minimum atomic E-state index is -0.401. The summed E-state index contributed by atoms with van der Waals surface area (Å²) in [5.41, 5.74) is 8.74. The van der Waals surface area contributed by atoms with Crippen LogP contribution in [0.4, 0.5) is 11.4 Å². The van der Waals surface area contributed by atoms with E-state index >= 15 is 0 Å². The quantitative estimate of drug-likeness (QED) is 0.662. The molecule has 110 valence electrons. The van der Waals surface area contributed by atoms with Gasteiger partial charge in [0.05, 0.1) is 24.9 Å². The zero-order valence-electron chi connectivity index (χ0n) is 12.5. The predicted molar refractivity (Wildman–Crippen MR) is 79.2 cm³/mol. The van der Waals surface area contributed by atoms with E-state index in [1.54, 1.807) is 6.07 Å². The Kier molecular flexibility index (Phi) is 4.18. The number of anilines is 2. The third-order valence-corrected chi connectivity index (χ3v) is 3.56. The van der Waals surface area contributed by atoms with Crippen molar-refractivity contribution in [2.24, 2.45) is 0 Å². The average molecular weight is 278 g/mol. The van der Waals surface area contributed by atoms with Crippen molar-refractivity contribution in [3.8, 4) is 0 Å². The number of nitrogens with two attached hydrogens (primary N) is 1. The number of methoxy groups -OCH3 is 1. The van der Waals surface area contributed by atoms with E-state index in [2.05, 4.69) is 4.90 Å². The summed E-state index contributed by atoms with van der Waals surface area (Å²) in [5, 5.41) is 0. The molecule has 1 fully saturated rings. The zero-order valence-corrected chi connectivity index (χ0v) is 12.5. The maximum absolute atomic E-state index is 11.8. The van der Waals surface area contributed by atoms with Gasteiger partial charge in [0.2, 0.25) is 0 Å². The molecule has 0 aromatic heterocycles. The molecule has 2 atom stereocenters. The highest BCUT2D eigenvalue weighted by Crippen LogP contribution is 2.28. The number of hydrogen-bond donors (Lipinski definition) is 1. The summed E-state index contributed by atoms with van der Waals surface area (Å²) in [5.74, 6) is -0.401. The van der Waals surface area contributed by atoms with Gasteiger partial charge >= 0.3 is 5.97 Å². The van der Waals surface area contributed by atoms with Crippen LogP contribution in [0, 0.1) is 6.92 Å². The average Bonchev–Trinajstić information content (AvgIpc) is 2.39. The number of ether oxygens (including phenoxy) is 2. The van der Waals surface area contributed by atoms with Crippen molar-refractivity contribution < 1.29 is 14.3 Å². The van der Waals surface area contributed by atoms with Gasteiger partial charge in [-0.2, -0.15) is 0 Å². The molecule has 2 rings (SSSR count). The largest absolute Gasteiger partial charge is 0.465 e. The van der Waals surface area contributed by atoms with E-state index in [1.165, 1.54) is 7.11 Å². The molecule has 2 N–H and O–H groups in total. The van der Waals surface area contributed by atoms with Gasteiger partial charge in [0.15, 0.2) is 0 Å². The number of hydrogen-bond acceptors (Lipinski definition) is 5. The molecule has 1 heterocycles. The third kappa shape index (κ3) is 2.88. The van der Waals surface area contributed by atoms with Crippen molar-refractivity contribution in [2.45, 2.75) is 33.0 Å². The van der Waals surface area contributed by atoms with Crippen molar-refractivity contribution in [2.75, 3.05) is 30.8 Å². The van der Waals surface area contributed by atoms with Crippen molar-refractivity contribution >= 4 is 17.3 Å². The van der Waals surface area contributed by atoms with Gasteiger partial charge in [-0.05, 0) is 38.5 Å². The van der Waals surface area contributed by atoms with E-state index in [0.29, 0.717) is 11.3 Å². The van der Waals surface area contributed by atoms with E-state index < -0.39 is 5.97 Å². The number of aryl methyl sites for hydroxylation is 1. The molecular weight excluding hydrogens is 256 g/mol. The van der Waals surface area contributed by atoms with Gasteiger partial charge in [-0.3, -0.25) is 0 Å². The third-order valence-electron chi connectivity index (χ3n) is 3.56. The van der Waals surface area contributed by atoms with E-state index in [-0.39, 0.29) is 12.2 Å². The van der Waals surface area contributed by atoms with Gasteiger partial charge < -0.3 is 20.1 Å². The number of nitrogens with zero attached hydrogens (tertiary/aromatic N) is 1. The Morgan fingerprint density at radius 2 is 1.95 bits per heavy atom. The van der Waals surface area contributed by atoms with Crippen molar-refractivity contribution in [1.29, 1.82) is 0 Å². The summed E-state index contributed by atoms with van der Waals surface area (Å²) >= 11 is 0. The second-order valence-corrected chi connectivity index (χ2v) is 5.38. The van der Waals surface area contributed by atoms with Gasteiger partial charge in [0.1, 0.15) is 0 Å². The van der Waals surface area contributed by atoms with Crippen LogP contribution in [0.3, 0.4) is 0 Å². The molecule has 1 aromatic rings. The van der Waals surface area contributed by atoms with Gasteiger partial charge in [0, 0.05) is 24.5 Å². The van der Waals surface area contributed by atoms with Crippen LogP contribution < -0.4 is 10.6 Å². The highest BCUT2D eigenvalue weighted by molar-refractivity contribution is 5.97. The van der Waals surface area contributed by atoms with Gasteiger partial charge in [-0.1, -0.05) is 0 Å². The summed E-state index contributed by atoms with van der Waals surface area (Å²) in [6.07, 6.45) is 0.330. The summed E-state index contributed by atoms with van der Waals surface area (Å²) in [7, 11) is 1.36. The maximum Gasteiger partial charge on any atom is 0.340 e. The monoisotopic (exact) mass is 278 g/mol. The molecule has 1 aromatic carbocycles. The molecule has 5 nitrogen and oxygen atoms in total. The predicted octanol–water partition coefficient (Wildman–Crippen LogP) is 1.98. The van der Waals surface area contributed by atoms with Crippen LogP contribution in [0.5, 0.6) is 0 Å². The molecule has 0 amide bonds. The normalized spacial score (nSPS) is 22.7. The minimum Gasteiger partial charge on any atom is -0.465 e. The van der Waals surface area contributed by atoms with E-state index in [4.69, 9.17) is 15.2 Å². The fourth-order valence-electron chi connectivity index (χ4n) is 2.63. The molecular formula is C15H22N2O3. The smallest absolute Gasteiger partial charge is 0.340 e. The molecule has 20 heavy (non-hydrogen) atoms. The number of nitrogen functional groups attached to an aromatic ring is 1. The summed E-state index contributed by atoms with van der Waals surface area (Å²) < 4.78 is 10.5. The van der Waals surface area contributed by atoms with Crippen LogP contribution in [0.25, 0.3) is 0 Å². The lowest BCUT2D eigenvalue weighted by Crippen LogP contribution is -2.45. The molecule has 0 radical (unpaired) electrons. The summed E-state index contributed by atoms with van der Waals surface area (Å²) in [6.45, 7) is 7.60. The Morgan fingerprint density at radius 1 is 1.35 bits per heavy atom. The first kappa shape index (κ1) is 14.7. The number of carbonyl (C=O) groups is 1. The van der Waals surface area contributed by atoms with Crippen LogP contribution >= 0.6 is 0 Å². The molecule has 5 heteroatoms. The van der Waals surface area contributed by atoms with Crippen molar-refractivity contribution in [1.82, 2.24) is 0 Å². The van der Waals surface area contributed by atoms with Crippen LogP contribution in [0.2, 0.25) is 0 Å². The van der Waals surface area contributed by atoms with Crippen LogP contribution in [-0.4, -0.2) is 38.4 Å². The lowest BCUT2D eigenvalue weighted by molar-refractivity contribution is -0.00521. The zero-order chi connectivity index (χ0) is 14.9. The Hall–Kier alpha value is -1.75. The first-order valence-corrected chi connectivity index (χ1v) is 6.81. The Balaban J connectivity index is 2.37. The van der Waals surface area contributed by atoms with Crippen LogP contribution in [0.15, 0.2) is 12.1 Å². The first-order chi connectivity index (χ1) is 9.42. The number of morpholine rings is 1. The number of benzene rings is 1. The molecule has 0 spiro atoms. The highest BCUT2D eigenvalue weighted by atomic mass is 16.5. The van der Waals surface area contributed by atoms with Crippen molar-refractivity contribution in [3.05, 3.63) is 23.3 Å². The van der Waals surface area contributed by atoms with Gasteiger partial charge in [-0.25, -0.2) is 4.79 Å². The Labute approximate surface area is 119 Å². The number of carbonyl (C=O) groups excluding carboxylic acids is 1. The Morgan fingerprint density at radius 3 is 2.50 bits per heavy atom. The fourth-order valence-corrected chi connectivity index (χ4v) is 2.63. The SMILES string of the molecule is COC(=O)c1cc(N2CC(C)OC(C)C2)cc(C)c1N. The first-order valence-electron chi connectivity index (χ1n) is 6.81. The van der Waals surface area contributed by atoms with Gasteiger partial charge in [0.25, 0.3) is 0 Å². The second kappa shape index (κ2) is 5.71. The molecule has 2 unspecified atom stereocenters. The van der Waals surface area contributed by atoms with E-state index in [1.807, 2.05) is 26.8 Å². The molecule has 0 saturated carbocycles.